The summed E-state index contributed by atoms with van der Waals surface area (Å²) in [5.74, 6) is 1.53. The van der Waals surface area contributed by atoms with E-state index < -0.39 is 0 Å². The lowest BCUT2D eigenvalue weighted by molar-refractivity contribution is -0.130. The molecular formula is C18H23NO4. The number of allylic oxidation sites excluding steroid dienone is 1. The van der Waals surface area contributed by atoms with Gasteiger partial charge in [0.15, 0.2) is 11.5 Å². The Morgan fingerprint density at radius 3 is 2.57 bits per heavy atom. The molecule has 5 nitrogen and oxygen atoms in total. The van der Waals surface area contributed by atoms with E-state index in [2.05, 4.69) is 0 Å². The summed E-state index contributed by atoms with van der Waals surface area (Å²) in [5.41, 5.74) is 1.07. The summed E-state index contributed by atoms with van der Waals surface area (Å²) in [4.78, 5) is 25.4. The molecule has 0 fully saturated rings. The highest BCUT2D eigenvalue weighted by Gasteiger charge is 2.15. The monoisotopic (exact) mass is 317 g/mol. The van der Waals surface area contributed by atoms with E-state index in [1.807, 2.05) is 30.5 Å². The van der Waals surface area contributed by atoms with Gasteiger partial charge in [-0.1, -0.05) is 12.1 Å². The maximum Gasteiger partial charge on any atom is 0.226 e. The van der Waals surface area contributed by atoms with Crippen LogP contribution in [0.5, 0.6) is 11.5 Å². The average Bonchev–Trinajstić information content (AvgIpc) is 2.65. The zero-order chi connectivity index (χ0) is 16.7. The number of ketones is 1. The van der Waals surface area contributed by atoms with Crippen LogP contribution in [-0.2, 0) is 16.0 Å². The van der Waals surface area contributed by atoms with Crippen molar-refractivity contribution in [1.29, 1.82) is 0 Å². The molecule has 1 aromatic rings. The number of benzene rings is 1. The van der Waals surface area contributed by atoms with Gasteiger partial charge in [0.05, 0.1) is 14.2 Å². The van der Waals surface area contributed by atoms with Crippen LogP contribution in [0.15, 0.2) is 30.5 Å². The maximum atomic E-state index is 12.2. The summed E-state index contributed by atoms with van der Waals surface area (Å²) in [5, 5.41) is 0. The SMILES string of the molecule is COc1ccc(CCN2/C=C\CCC(=O)CCC2=O)cc1OC. The molecule has 1 aromatic carbocycles. The average molecular weight is 317 g/mol. The lowest BCUT2D eigenvalue weighted by Crippen LogP contribution is -2.27. The van der Waals surface area contributed by atoms with Crippen molar-refractivity contribution in [3.63, 3.8) is 0 Å². The van der Waals surface area contributed by atoms with Gasteiger partial charge in [-0.25, -0.2) is 0 Å². The molecule has 0 radical (unpaired) electrons. The predicted molar refractivity (Wildman–Crippen MR) is 87.6 cm³/mol. The molecule has 2 rings (SSSR count). The zero-order valence-corrected chi connectivity index (χ0v) is 13.7. The number of ether oxygens (including phenoxy) is 2. The Kier molecular flexibility index (Phi) is 6.20. The molecule has 0 N–H and O–H groups in total. The van der Waals surface area contributed by atoms with Gasteiger partial charge in [-0.05, 0) is 30.5 Å². The minimum absolute atomic E-state index is 0.00280. The van der Waals surface area contributed by atoms with E-state index in [9.17, 15) is 9.59 Å². The molecule has 1 amide bonds. The van der Waals surface area contributed by atoms with Gasteiger partial charge in [0.2, 0.25) is 5.91 Å². The van der Waals surface area contributed by atoms with Crippen molar-refractivity contribution in [2.75, 3.05) is 20.8 Å². The number of nitrogens with zero attached hydrogens (tertiary/aromatic N) is 1. The van der Waals surface area contributed by atoms with Gasteiger partial charge < -0.3 is 14.4 Å². The minimum Gasteiger partial charge on any atom is -0.493 e. The topological polar surface area (TPSA) is 55.8 Å². The van der Waals surface area contributed by atoms with Crippen LogP contribution in [0.3, 0.4) is 0 Å². The summed E-state index contributed by atoms with van der Waals surface area (Å²) in [6.45, 7) is 0.582. The number of Topliss-reactive ketones (excluding diaryl/α,β-unsaturated/α-hetero) is 1. The summed E-state index contributed by atoms with van der Waals surface area (Å²) in [7, 11) is 3.21. The van der Waals surface area contributed by atoms with Crippen LogP contribution in [0.2, 0.25) is 0 Å². The fourth-order valence-corrected chi connectivity index (χ4v) is 2.53. The Hall–Kier alpha value is -2.30. The van der Waals surface area contributed by atoms with Gasteiger partial charge in [0.25, 0.3) is 0 Å². The lowest BCUT2D eigenvalue weighted by Gasteiger charge is -2.18. The first-order valence-electron chi connectivity index (χ1n) is 7.82. The third-order valence-corrected chi connectivity index (χ3v) is 3.90. The Morgan fingerprint density at radius 1 is 1.04 bits per heavy atom. The second-order valence-electron chi connectivity index (χ2n) is 5.49. The highest BCUT2D eigenvalue weighted by atomic mass is 16.5. The largest absolute Gasteiger partial charge is 0.493 e. The van der Waals surface area contributed by atoms with Crippen molar-refractivity contribution in [2.24, 2.45) is 0 Å². The van der Waals surface area contributed by atoms with Crippen molar-refractivity contribution in [2.45, 2.75) is 32.1 Å². The van der Waals surface area contributed by atoms with Crippen LogP contribution in [0, 0.1) is 0 Å². The van der Waals surface area contributed by atoms with Crippen molar-refractivity contribution in [3.05, 3.63) is 36.0 Å². The number of carbonyl (C=O) groups is 2. The van der Waals surface area contributed by atoms with Crippen LogP contribution >= 0.6 is 0 Å². The molecule has 0 unspecified atom stereocenters. The van der Waals surface area contributed by atoms with Crippen LogP contribution in [0.1, 0.15) is 31.2 Å². The lowest BCUT2D eigenvalue weighted by atomic mass is 10.1. The van der Waals surface area contributed by atoms with E-state index in [1.54, 1.807) is 19.1 Å². The first kappa shape index (κ1) is 17.1. The standard InChI is InChI=1S/C18H23NO4/c1-22-16-8-6-14(13-17(16)23-2)10-12-19-11-4-3-5-15(20)7-9-18(19)21/h4,6,8,11,13H,3,5,7,9-10,12H2,1-2H3/b11-4-. The molecular weight excluding hydrogens is 294 g/mol. The quantitative estimate of drug-likeness (QED) is 0.838. The number of amides is 1. The number of rotatable bonds is 5. The second-order valence-corrected chi connectivity index (χ2v) is 5.49. The summed E-state index contributed by atoms with van der Waals surface area (Å²) >= 11 is 0. The van der Waals surface area contributed by atoms with E-state index >= 15 is 0 Å². The summed E-state index contributed by atoms with van der Waals surface area (Å²) in [6.07, 6.45) is 6.26. The Morgan fingerprint density at radius 2 is 1.83 bits per heavy atom. The van der Waals surface area contributed by atoms with Gasteiger partial charge in [-0.3, -0.25) is 9.59 Å². The Labute approximate surface area is 136 Å². The Bertz CT molecular complexity index is 595. The van der Waals surface area contributed by atoms with Crippen molar-refractivity contribution < 1.29 is 19.1 Å². The van der Waals surface area contributed by atoms with E-state index in [1.165, 1.54) is 0 Å². The van der Waals surface area contributed by atoms with Crippen molar-refractivity contribution in [3.8, 4) is 11.5 Å². The third kappa shape index (κ3) is 4.84. The van der Waals surface area contributed by atoms with Gasteiger partial charge in [-0.2, -0.15) is 0 Å². The number of methoxy groups -OCH3 is 2. The highest BCUT2D eigenvalue weighted by molar-refractivity contribution is 5.85. The predicted octanol–water partition coefficient (Wildman–Crippen LogP) is 2.73. The number of hydrogen-bond donors (Lipinski definition) is 0. The normalized spacial score (nSPS) is 17.2. The molecule has 124 valence electrons. The van der Waals surface area contributed by atoms with Crippen molar-refractivity contribution in [1.82, 2.24) is 4.90 Å². The van der Waals surface area contributed by atoms with Gasteiger partial charge in [0.1, 0.15) is 5.78 Å². The molecule has 0 aromatic heterocycles. The van der Waals surface area contributed by atoms with E-state index in [4.69, 9.17) is 9.47 Å². The Balaban J connectivity index is 2.02. The van der Waals surface area contributed by atoms with Crippen LogP contribution in [0.4, 0.5) is 0 Å². The van der Waals surface area contributed by atoms with Gasteiger partial charge in [0, 0.05) is 32.0 Å². The summed E-state index contributed by atoms with van der Waals surface area (Å²) < 4.78 is 10.5. The van der Waals surface area contributed by atoms with Crippen LogP contribution < -0.4 is 9.47 Å². The minimum atomic E-state index is -0.00280. The number of hydrogen-bond acceptors (Lipinski definition) is 4. The molecule has 23 heavy (non-hydrogen) atoms. The van der Waals surface area contributed by atoms with Crippen LogP contribution in [0.25, 0.3) is 0 Å². The van der Waals surface area contributed by atoms with Gasteiger partial charge in [-0.15, -0.1) is 0 Å². The molecule has 0 aliphatic carbocycles. The maximum absolute atomic E-state index is 12.2. The molecule has 0 saturated heterocycles. The van der Waals surface area contributed by atoms with E-state index in [0.29, 0.717) is 43.7 Å². The third-order valence-electron chi connectivity index (χ3n) is 3.90. The first-order chi connectivity index (χ1) is 11.1. The van der Waals surface area contributed by atoms with Crippen molar-refractivity contribution >= 4 is 11.7 Å². The first-order valence-corrected chi connectivity index (χ1v) is 7.82. The molecule has 1 aliphatic heterocycles. The molecule has 1 heterocycles. The molecule has 5 heteroatoms. The number of carbonyl (C=O) groups excluding carboxylic acids is 2. The fraction of sp³-hybridized carbons (Fsp3) is 0.444. The second kappa shape index (κ2) is 8.36. The zero-order valence-electron chi connectivity index (χ0n) is 13.7. The highest BCUT2D eigenvalue weighted by Crippen LogP contribution is 2.27. The smallest absolute Gasteiger partial charge is 0.226 e. The molecule has 0 saturated carbocycles. The molecule has 0 atom stereocenters. The van der Waals surface area contributed by atoms with E-state index in [-0.39, 0.29) is 18.1 Å². The van der Waals surface area contributed by atoms with E-state index in [0.717, 1.165) is 5.56 Å². The molecule has 1 aliphatic rings. The van der Waals surface area contributed by atoms with Crippen LogP contribution in [-0.4, -0.2) is 37.4 Å². The fourth-order valence-electron chi connectivity index (χ4n) is 2.53. The molecule has 0 bridgehead atoms. The molecule has 0 spiro atoms. The van der Waals surface area contributed by atoms with Gasteiger partial charge >= 0.3 is 0 Å². The summed E-state index contributed by atoms with van der Waals surface area (Å²) in [6, 6.07) is 5.76.